The Morgan fingerprint density at radius 1 is 1.26 bits per heavy atom. The number of nitrogens with one attached hydrogen (secondary N) is 1. The van der Waals surface area contributed by atoms with Crippen LogP contribution in [0.15, 0.2) is 47.3 Å². The molecule has 2 aromatic carbocycles. The summed E-state index contributed by atoms with van der Waals surface area (Å²) < 4.78 is 1.88. The number of halogens is 1. The molecule has 0 fully saturated rings. The van der Waals surface area contributed by atoms with Crippen molar-refractivity contribution in [2.75, 3.05) is 5.32 Å². The number of nitro groups is 1. The number of rotatable bonds is 5. The van der Waals surface area contributed by atoms with Gasteiger partial charge in [-0.05, 0) is 41.1 Å². The number of nitrogens with zero attached hydrogens (tertiary/aromatic N) is 5. The second-order valence-electron chi connectivity index (χ2n) is 5.59. The normalized spacial score (nSPS) is 10.6. The van der Waals surface area contributed by atoms with Gasteiger partial charge in [-0.2, -0.15) is 9.36 Å². The van der Waals surface area contributed by atoms with Gasteiger partial charge in [-0.3, -0.25) is 14.9 Å². The van der Waals surface area contributed by atoms with Crippen LogP contribution in [0.2, 0.25) is 5.02 Å². The second-order valence-corrected chi connectivity index (χ2v) is 5.99. The highest BCUT2D eigenvalue weighted by molar-refractivity contribution is 6.32. The molecule has 1 aromatic heterocycles. The van der Waals surface area contributed by atoms with Gasteiger partial charge in [-0.15, -0.1) is 0 Å². The Hall–Kier alpha value is -3.53. The predicted octanol–water partition coefficient (Wildman–Crippen LogP) is 1.94. The van der Waals surface area contributed by atoms with Gasteiger partial charge in [0.2, 0.25) is 5.91 Å². The summed E-state index contributed by atoms with van der Waals surface area (Å²) in [7, 11) is 0. The Kier molecular flexibility index (Phi) is 4.99. The maximum Gasteiger partial charge on any atom is 0.369 e. The van der Waals surface area contributed by atoms with Crippen molar-refractivity contribution in [1.29, 1.82) is 0 Å². The van der Waals surface area contributed by atoms with E-state index < -0.39 is 16.5 Å². The molecule has 1 amide bonds. The lowest BCUT2D eigenvalue weighted by Crippen LogP contribution is -2.30. The van der Waals surface area contributed by atoms with Crippen LogP contribution >= 0.6 is 11.6 Å². The minimum absolute atomic E-state index is 0.0793. The van der Waals surface area contributed by atoms with Gasteiger partial charge in [-0.1, -0.05) is 23.7 Å². The molecule has 0 atom stereocenters. The van der Waals surface area contributed by atoms with E-state index in [1.165, 1.54) is 18.2 Å². The Balaban J connectivity index is 1.77. The number of aromatic nitrogens is 4. The number of amides is 1. The van der Waals surface area contributed by atoms with Gasteiger partial charge in [0.1, 0.15) is 6.54 Å². The number of hydrogen-bond acceptors (Lipinski definition) is 6. The quantitative estimate of drug-likeness (QED) is 0.526. The van der Waals surface area contributed by atoms with Crippen molar-refractivity contribution >= 4 is 28.9 Å². The Bertz CT molecular complexity index is 1090. The van der Waals surface area contributed by atoms with Crippen LogP contribution < -0.4 is 11.0 Å². The molecule has 1 N–H and O–H groups in total. The molecule has 0 aliphatic heterocycles. The van der Waals surface area contributed by atoms with E-state index in [9.17, 15) is 19.7 Å². The molecular weight excluding hydrogens is 376 g/mol. The van der Waals surface area contributed by atoms with Crippen molar-refractivity contribution in [3.8, 4) is 5.69 Å². The van der Waals surface area contributed by atoms with Gasteiger partial charge in [-0.25, -0.2) is 4.79 Å². The number of hydrogen-bond donors (Lipinski definition) is 1. The topological polar surface area (TPSA) is 125 Å². The molecule has 0 saturated heterocycles. The third-order valence-corrected chi connectivity index (χ3v) is 4.03. The number of para-hydroxylation sites is 1. The Labute approximate surface area is 157 Å². The number of tetrazole rings is 1. The number of carbonyl (C=O) groups is 1. The summed E-state index contributed by atoms with van der Waals surface area (Å²) in [5.74, 6) is -0.528. The molecule has 0 radical (unpaired) electrons. The zero-order chi connectivity index (χ0) is 19.6. The van der Waals surface area contributed by atoms with Gasteiger partial charge >= 0.3 is 5.69 Å². The molecular formula is C16H13ClN6O4. The van der Waals surface area contributed by atoms with Gasteiger partial charge in [0, 0.05) is 17.8 Å². The van der Waals surface area contributed by atoms with E-state index in [4.69, 9.17) is 11.6 Å². The van der Waals surface area contributed by atoms with Crippen molar-refractivity contribution in [2.45, 2.75) is 13.5 Å². The van der Waals surface area contributed by atoms with Crippen molar-refractivity contribution in [2.24, 2.45) is 0 Å². The summed E-state index contributed by atoms with van der Waals surface area (Å²) in [5, 5.41) is 21.1. The molecule has 1 heterocycles. The highest BCUT2D eigenvalue weighted by atomic mass is 35.5. The first-order valence-electron chi connectivity index (χ1n) is 7.69. The maximum atomic E-state index is 12.4. The van der Waals surface area contributed by atoms with Crippen molar-refractivity contribution in [3.63, 3.8) is 0 Å². The van der Waals surface area contributed by atoms with Crippen LogP contribution in [0.4, 0.5) is 11.4 Å². The minimum Gasteiger partial charge on any atom is -0.324 e. The molecule has 10 nitrogen and oxygen atoms in total. The van der Waals surface area contributed by atoms with Gasteiger partial charge in [0.25, 0.3) is 5.69 Å². The molecule has 0 aliphatic rings. The fraction of sp³-hybridized carbons (Fsp3) is 0.125. The zero-order valence-electron chi connectivity index (χ0n) is 14.0. The van der Waals surface area contributed by atoms with Crippen molar-refractivity contribution in [1.82, 2.24) is 19.8 Å². The Morgan fingerprint density at radius 2 is 2.00 bits per heavy atom. The molecule has 0 spiro atoms. The first kappa shape index (κ1) is 18.3. The monoisotopic (exact) mass is 388 g/mol. The Morgan fingerprint density at radius 3 is 2.67 bits per heavy atom. The molecule has 0 bridgehead atoms. The predicted molar refractivity (Wildman–Crippen MR) is 97.1 cm³/mol. The minimum atomic E-state index is -0.626. The number of non-ortho nitro benzene ring substituents is 1. The third-order valence-electron chi connectivity index (χ3n) is 3.71. The number of aryl methyl sites for hydroxylation is 1. The first-order valence-corrected chi connectivity index (χ1v) is 8.07. The van der Waals surface area contributed by atoms with E-state index in [1.54, 1.807) is 31.2 Å². The van der Waals surface area contributed by atoms with E-state index >= 15 is 0 Å². The van der Waals surface area contributed by atoms with Crippen LogP contribution in [-0.2, 0) is 11.3 Å². The lowest BCUT2D eigenvalue weighted by molar-refractivity contribution is -0.384. The number of anilines is 1. The van der Waals surface area contributed by atoms with Crippen molar-refractivity contribution < 1.29 is 9.72 Å². The van der Waals surface area contributed by atoms with E-state index in [0.29, 0.717) is 22.0 Å². The first-order chi connectivity index (χ1) is 12.9. The van der Waals surface area contributed by atoms with E-state index in [0.717, 1.165) is 9.36 Å². The fourth-order valence-electron chi connectivity index (χ4n) is 2.38. The second kappa shape index (κ2) is 7.38. The summed E-state index contributed by atoms with van der Waals surface area (Å²) in [5.41, 5.74) is 0.562. The largest absolute Gasteiger partial charge is 0.369 e. The van der Waals surface area contributed by atoms with E-state index in [1.807, 2.05) is 0 Å². The maximum absolute atomic E-state index is 12.4. The van der Waals surface area contributed by atoms with Crippen molar-refractivity contribution in [3.05, 3.63) is 73.6 Å². The molecule has 0 saturated carbocycles. The van der Waals surface area contributed by atoms with Crippen LogP contribution in [0.1, 0.15) is 5.56 Å². The molecule has 3 rings (SSSR count). The summed E-state index contributed by atoms with van der Waals surface area (Å²) in [6.07, 6.45) is 0. The van der Waals surface area contributed by atoms with Crippen LogP contribution in [-0.4, -0.2) is 30.6 Å². The molecule has 138 valence electrons. The SMILES string of the molecule is Cc1cc([N+](=O)[O-])ccc1NC(=O)Cn1nnn(-c2ccccc2Cl)c1=O. The summed E-state index contributed by atoms with van der Waals surface area (Å²) in [4.78, 5) is 34.8. The standard InChI is InChI=1S/C16H13ClN6O4/c1-10-8-11(23(26)27)6-7-13(10)18-15(24)9-21-16(25)22(20-19-21)14-5-3-2-4-12(14)17/h2-8H,9H2,1H3,(H,18,24). The summed E-state index contributed by atoms with van der Waals surface area (Å²) >= 11 is 6.04. The molecule has 3 aromatic rings. The number of nitro benzene ring substituents is 1. The average Bonchev–Trinajstić information content (AvgIpc) is 2.97. The van der Waals surface area contributed by atoms with E-state index in [-0.39, 0.29) is 12.2 Å². The lowest BCUT2D eigenvalue weighted by atomic mass is 10.2. The number of benzene rings is 2. The highest BCUT2D eigenvalue weighted by Gasteiger charge is 2.15. The summed E-state index contributed by atoms with van der Waals surface area (Å²) in [6.45, 7) is 1.25. The molecule has 0 unspecified atom stereocenters. The van der Waals surface area contributed by atoms with Crippen LogP contribution in [0.3, 0.4) is 0 Å². The lowest BCUT2D eigenvalue weighted by Gasteiger charge is -2.07. The van der Waals surface area contributed by atoms with Crippen LogP contribution in [0.25, 0.3) is 5.69 Å². The smallest absolute Gasteiger partial charge is 0.324 e. The van der Waals surface area contributed by atoms with Gasteiger partial charge < -0.3 is 5.32 Å². The van der Waals surface area contributed by atoms with Crippen LogP contribution in [0.5, 0.6) is 0 Å². The molecule has 11 heteroatoms. The zero-order valence-corrected chi connectivity index (χ0v) is 14.8. The van der Waals surface area contributed by atoms with E-state index in [2.05, 4.69) is 15.7 Å². The molecule has 0 aliphatic carbocycles. The van der Waals surface area contributed by atoms with Gasteiger partial charge in [0.15, 0.2) is 0 Å². The molecule has 27 heavy (non-hydrogen) atoms. The number of carbonyl (C=O) groups excluding carboxylic acids is 1. The van der Waals surface area contributed by atoms with Gasteiger partial charge in [0.05, 0.1) is 15.6 Å². The highest BCUT2D eigenvalue weighted by Crippen LogP contribution is 2.21. The third kappa shape index (κ3) is 3.85. The van der Waals surface area contributed by atoms with Crippen LogP contribution in [0, 0.1) is 17.0 Å². The fourth-order valence-corrected chi connectivity index (χ4v) is 2.59. The summed E-state index contributed by atoms with van der Waals surface area (Å²) in [6, 6.07) is 10.7. The average molecular weight is 389 g/mol.